The lowest BCUT2D eigenvalue weighted by Gasteiger charge is -2.39. The number of amides is 1. The van der Waals surface area contributed by atoms with Gasteiger partial charge in [0.15, 0.2) is 5.65 Å². The molecule has 0 saturated carbocycles. The number of nitrogens with zero attached hydrogens (tertiary/aromatic N) is 5. The average molecular weight is 608 g/mol. The number of methoxy groups -OCH3 is 1. The number of pyridine rings is 1. The second-order valence-electron chi connectivity index (χ2n) is 10.6. The van der Waals surface area contributed by atoms with Crippen LogP contribution in [0, 0.1) is 0 Å². The predicted molar refractivity (Wildman–Crippen MR) is 154 cm³/mol. The Kier molecular flexibility index (Phi) is 6.97. The van der Waals surface area contributed by atoms with E-state index in [1.807, 2.05) is 35.2 Å². The van der Waals surface area contributed by atoms with Gasteiger partial charge >= 0.3 is 0 Å². The number of nitrogens with two attached hydrogens (primary N) is 1. The lowest BCUT2D eigenvalue weighted by Crippen LogP contribution is -2.49. The minimum atomic E-state index is -0.993. The van der Waals surface area contributed by atoms with Gasteiger partial charge in [-0.1, -0.05) is 6.07 Å². The van der Waals surface area contributed by atoms with Crippen molar-refractivity contribution < 1.29 is 19.7 Å². The standard InChI is InChI=1S/C29H31BrN6O4/c1-15(38)29(39)35-20-5-6-21(35)11-18(10-20)26-25(30)27(31)36-28(34-26)22(13-33-36)17-3-7-23(32-12-17)16-4-8-24(40-2)19(9-16)14-37/h3-4,7-9,12-13,15,18,20-21,37-38H,5-6,10-11,14,31H2,1-2H3/t15-,18?,20-,21+/m1/s1. The molecule has 4 N–H and O–H groups in total. The van der Waals surface area contributed by atoms with Crippen molar-refractivity contribution in [1.29, 1.82) is 0 Å². The molecule has 0 spiro atoms. The van der Waals surface area contributed by atoms with Crippen LogP contribution in [0.2, 0.25) is 0 Å². The Labute approximate surface area is 239 Å². The zero-order valence-corrected chi connectivity index (χ0v) is 23.9. The summed E-state index contributed by atoms with van der Waals surface area (Å²) in [6.45, 7) is 1.41. The number of aliphatic hydroxyl groups is 2. The second kappa shape index (κ2) is 10.5. The van der Waals surface area contributed by atoms with E-state index in [-0.39, 0.29) is 30.5 Å². The number of rotatable bonds is 6. The molecular formula is C29H31BrN6O4. The molecular weight excluding hydrogens is 576 g/mol. The van der Waals surface area contributed by atoms with Gasteiger partial charge in [0.05, 0.1) is 35.8 Å². The molecule has 1 amide bonds. The van der Waals surface area contributed by atoms with Gasteiger partial charge in [-0.15, -0.1) is 0 Å². The highest BCUT2D eigenvalue weighted by Gasteiger charge is 2.45. The summed E-state index contributed by atoms with van der Waals surface area (Å²) in [7, 11) is 1.58. The summed E-state index contributed by atoms with van der Waals surface area (Å²) in [5.74, 6) is 1.04. The van der Waals surface area contributed by atoms with E-state index < -0.39 is 6.10 Å². The number of carbonyl (C=O) groups excluding carboxylic acids is 1. The molecule has 2 fully saturated rings. The van der Waals surface area contributed by atoms with Crippen LogP contribution in [0.3, 0.4) is 0 Å². The Morgan fingerprint density at radius 1 is 1.18 bits per heavy atom. The Hall–Kier alpha value is -3.54. The highest BCUT2D eigenvalue weighted by Crippen LogP contribution is 2.45. The average Bonchev–Trinajstić information content (AvgIpc) is 3.51. The molecule has 0 aliphatic carbocycles. The van der Waals surface area contributed by atoms with E-state index in [1.54, 1.807) is 24.0 Å². The molecule has 5 heterocycles. The first-order chi connectivity index (χ1) is 19.3. The number of anilines is 1. The first-order valence-electron chi connectivity index (χ1n) is 13.4. The number of carbonyl (C=O) groups is 1. The molecule has 40 heavy (non-hydrogen) atoms. The Morgan fingerprint density at radius 2 is 1.90 bits per heavy atom. The summed E-state index contributed by atoms with van der Waals surface area (Å²) in [6.07, 6.45) is 5.94. The van der Waals surface area contributed by atoms with Crippen molar-refractivity contribution >= 4 is 33.3 Å². The van der Waals surface area contributed by atoms with Crippen LogP contribution in [0.4, 0.5) is 5.82 Å². The molecule has 2 aliphatic heterocycles. The monoisotopic (exact) mass is 606 g/mol. The van der Waals surface area contributed by atoms with Gasteiger partial charge in [0.2, 0.25) is 0 Å². The van der Waals surface area contributed by atoms with E-state index in [9.17, 15) is 15.0 Å². The molecule has 4 aromatic rings. The van der Waals surface area contributed by atoms with Gasteiger partial charge in [-0.25, -0.2) is 4.98 Å². The van der Waals surface area contributed by atoms with Gasteiger partial charge in [0.25, 0.3) is 5.91 Å². The van der Waals surface area contributed by atoms with Crippen LogP contribution < -0.4 is 10.5 Å². The summed E-state index contributed by atoms with van der Waals surface area (Å²) in [5, 5.41) is 24.1. The number of halogens is 1. The number of fused-ring (bicyclic) bond motifs is 3. The molecule has 0 radical (unpaired) electrons. The number of nitrogen functional groups attached to an aromatic ring is 1. The van der Waals surface area contributed by atoms with Gasteiger partial charge in [-0.05, 0) is 72.8 Å². The minimum absolute atomic E-state index is 0.0856. The van der Waals surface area contributed by atoms with Crippen LogP contribution in [0.1, 0.15) is 49.8 Å². The van der Waals surface area contributed by atoms with E-state index in [1.165, 1.54) is 6.92 Å². The zero-order chi connectivity index (χ0) is 28.1. The SMILES string of the molecule is COc1ccc(-c2ccc(-c3cnn4c(N)c(Br)c(C5C[C@H]6CC[C@@H](C5)N6C(=O)[C@@H](C)O)nc34)cn2)cc1CO. The maximum atomic E-state index is 12.6. The topological polar surface area (TPSA) is 139 Å². The number of piperidine rings is 1. The summed E-state index contributed by atoms with van der Waals surface area (Å²) in [6, 6.07) is 9.68. The maximum Gasteiger partial charge on any atom is 0.251 e. The van der Waals surface area contributed by atoms with Crippen molar-refractivity contribution in [3.63, 3.8) is 0 Å². The normalized spacial score (nSPS) is 21.1. The lowest BCUT2D eigenvalue weighted by atomic mass is 9.87. The highest BCUT2D eigenvalue weighted by atomic mass is 79.9. The number of hydrogen-bond donors (Lipinski definition) is 3. The van der Waals surface area contributed by atoms with E-state index in [0.717, 1.165) is 58.2 Å². The van der Waals surface area contributed by atoms with Crippen LogP contribution >= 0.6 is 15.9 Å². The molecule has 2 aliphatic rings. The van der Waals surface area contributed by atoms with Crippen molar-refractivity contribution in [2.24, 2.45) is 0 Å². The fraction of sp³-hybridized carbons (Fsp3) is 0.379. The van der Waals surface area contributed by atoms with Crippen molar-refractivity contribution in [3.8, 4) is 28.1 Å². The van der Waals surface area contributed by atoms with Gasteiger partial charge in [-0.2, -0.15) is 9.61 Å². The number of hydrogen-bond acceptors (Lipinski definition) is 8. The number of aromatic nitrogens is 4. The van der Waals surface area contributed by atoms with Crippen LogP contribution in [0.15, 0.2) is 47.2 Å². The third-order valence-electron chi connectivity index (χ3n) is 8.20. The molecule has 1 unspecified atom stereocenters. The molecule has 11 heteroatoms. The fourth-order valence-electron chi connectivity index (χ4n) is 6.25. The molecule has 1 aromatic carbocycles. The predicted octanol–water partition coefficient (Wildman–Crippen LogP) is 3.92. The molecule has 10 nitrogen and oxygen atoms in total. The molecule has 2 saturated heterocycles. The summed E-state index contributed by atoms with van der Waals surface area (Å²) < 4.78 is 7.67. The third-order valence-corrected chi connectivity index (χ3v) is 9.01. The summed E-state index contributed by atoms with van der Waals surface area (Å²) in [5.41, 5.74) is 12.1. The van der Waals surface area contributed by atoms with E-state index in [4.69, 9.17) is 15.5 Å². The Balaban J connectivity index is 1.32. The molecule has 2 bridgehead atoms. The molecule has 4 atom stereocenters. The maximum absolute atomic E-state index is 12.6. The smallest absolute Gasteiger partial charge is 0.251 e. The first kappa shape index (κ1) is 26.7. The van der Waals surface area contributed by atoms with Crippen molar-refractivity contribution in [1.82, 2.24) is 24.5 Å². The van der Waals surface area contributed by atoms with Crippen molar-refractivity contribution in [2.75, 3.05) is 12.8 Å². The quantitative estimate of drug-likeness (QED) is 0.300. The fourth-order valence-corrected chi connectivity index (χ4v) is 6.83. The van der Waals surface area contributed by atoms with Gasteiger partial charge < -0.3 is 25.6 Å². The van der Waals surface area contributed by atoms with Crippen LogP contribution in [0.5, 0.6) is 5.75 Å². The van der Waals surface area contributed by atoms with Crippen LogP contribution in [0.25, 0.3) is 28.0 Å². The second-order valence-corrected chi connectivity index (χ2v) is 11.4. The highest BCUT2D eigenvalue weighted by molar-refractivity contribution is 9.10. The van der Waals surface area contributed by atoms with E-state index in [2.05, 4.69) is 26.0 Å². The van der Waals surface area contributed by atoms with E-state index in [0.29, 0.717) is 22.8 Å². The largest absolute Gasteiger partial charge is 0.496 e. The van der Waals surface area contributed by atoms with E-state index >= 15 is 0 Å². The summed E-state index contributed by atoms with van der Waals surface area (Å²) >= 11 is 3.68. The van der Waals surface area contributed by atoms with Crippen LogP contribution in [-0.2, 0) is 11.4 Å². The van der Waals surface area contributed by atoms with Gasteiger partial charge in [-0.3, -0.25) is 9.78 Å². The number of aliphatic hydroxyl groups excluding tert-OH is 2. The zero-order valence-electron chi connectivity index (χ0n) is 22.3. The van der Waals surface area contributed by atoms with Gasteiger partial charge in [0.1, 0.15) is 17.7 Å². The molecule has 3 aromatic heterocycles. The number of ether oxygens (including phenoxy) is 1. The third kappa shape index (κ3) is 4.42. The van der Waals surface area contributed by atoms with Crippen LogP contribution in [-0.4, -0.2) is 65.9 Å². The molecule has 6 rings (SSSR count). The molecule has 208 valence electrons. The van der Waals surface area contributed by atoms with Gasteiger partial charge in [0, 0.05) is 46.5 Å². The summed E-state index contributed by atoms with van der Waals surface area (Å²) in [4.78, 5) is 24.3. The lowest BCUT2D eigenvalue weighted by molar-refractivity contribution is -0.144. The van der Waals surface area contributed by atoms with Crippen molar-refractivity contribution in [3.05, 3.63) is 58.5 Å². The minimum Gasteiger partial charge on any atom is -0.496 e. The number of benzene rings is 1. The first-order valence-corrected chi connectivity index (χ1v) is 14.2. The van der Waals surface area contributed by atoms with Crippen molar-refractivity contribution in [2.45, 2.75) is 63.3 Å². The Morgan fingerprint density at radius 3 is 2.52 bits per heavy atom. The Bertz CT molecular complexity index is 1570.